The summed E-state index contributed by atoms with van der Waals surface area (Å²) in [5, 5.41) is 2.74. The number of carbonyl (C=O) groups excluding carboxylic acids is 1. The van der Waals surface area contributed by atoms with E-state index in [9.17, 15) is 4.79 Å². The van der Waals surface area contributed by atoms with Gasteiger partial charge in [-0.1, -0.05) is 27.7 Å². The molecule has 1 atom stereocenters. The number of carbonyl (C=O) groups is 1. The van der Waals surface area contributed by atoms with E-state index in [0.29, 0.717) is 23.3 Å². The van der Waals surface area contributed by atoms with Crippen molar-refractivity contribution in [2.45, 2.75) is 66.5 Å². The van der Waals surface area contributed by atoms with Gasteiger partial charge in [-0.15, -0.1) is 0 Å². The second kappa shape index (κ2) is 4.97. The summed E-state index contributed by atoms with van der Waals surface area (Å²) in [7, 11) is 0. The lowest BCUT2D eigenvalue weighted by Gasteiger charge is -2.21. The lowest BCUT2D eigenvalue weighted by molar-refractivity contribution is 0.0523. The minimum atomic E-state index is -0.464. The van der Waals surface area contributed by atoms with Gasteiger partial charge in [0.1, 0.15) is 5.60 Å². The molecule has 1 fully saturated rings. The molecule has 0 spiro atoms. The summed E-state index contributed by atoms with van der Waals surface area (Å²) in [6.45, 7) is 15.2. The first kappa shape index (κ1) is 16.3. The highest BCUT2D eigenvalue weighted by Gasteiger charge is 2.64. The van der Waals surface area contributed by atoms with Crippen molar-refractivity contribution < 1.29 is 9.53 Å². The summed E-state index contributed by atoms with van der Waals surface area (Å²) in [5.74, 6) is 0.621. The van der Waals surface area contributed by atoms with E-state index in [4.69, 9.17) is 10.5 Å². The Labute approximate surface area is 117 Å². The van der Waals surface area contributed by atoms with Crippen LogP contribution in [0.4, 0.5) is 4.79 Å². The topological polar surface area (TPSA) is 64.3 Å². The maximum Gasteiger partial charge on any atom is 0.407 e. The molecule has 1 saturated carbocycles. The highest BCUT2D eigenvalue weighted by atomic mass is 16.6. The molecule has 112 valence electrons. The maximum absolute atomic E-state index is 11.5. The molecule has 1 rings (SSSR count). The number of amides is 1. The molecule has 0 heterocycles. The van der Waals surface area contributed by atoms with Crippen LogP contribution in [0.25, 0.3) is 0 Å². The summed E-state index contributed by atoms with van der Waals surface area (Å²) in [6, 6.07) is -0.0152. The fraction of sp³-hybridized carbons (Fsp3) is 0.933. The standard InChI is InChI=1S/C15H30N2O2/c1-13(2,3)19-12(18)17-9-10(16)8-11-14(4,5)15(11,6)7/h10-11H,8-9,16H2,1-7H3,(H,17,18). The van der Waals surface area contributed by atoms with Crippen LogP contribution in [0.5, 0.6) is 0 Å². The van der Waals surface area contributed by atoms with E-state index in [0.717, 1.165) is 6.42 Å². The largest absolute Gasteiger partial charge is 0.444 e. The van der Waals surface area contributed by atoms with Gasteiger partial charge in [-0.2, -0.15) is 0 Å². The van der Waals surface area contributed by atoms with Gasteiger partial charge in [0.25, 0.3) is 0 Å². The number of nitrogens with one attached hydrogen (secondary N) is 1. The number of nitrogens with two attached hydrogens (primary N) is 1. The van der Waals surface area contributed by atoms with Crippen LogP contribution >= 0.6 is 0 Å². The zero-order chi connectivity index (χ0) is 15.1. The van der Waals surface area contributed by atoms with Gasteiger partial charge in [-0.25, -0.2) is 4.79 Å². The lowest BCUT2D eigenvalue weighted by Crippen LogP contribution is -2.40. The normalized spacial score (nSPS) is 22.7. The van der Waals surface area contributed by atoms with Crippen molar-refractivity contribution in [2.75, 3.05) is 6.54 Å². The molecule has 0 aromatic heterocycles. The van der Waals surface area contributed by atoms with Crippen molar-refractivity contribution >= 4 is 6.09 Å². The average molecular weight is 270 g/mol. The molecule has 1 unspecified atom stereocenters. The molecule has 4 nitrogen and oxygen atoms in total. The molecule has 1 aliphatic carbocycles. The van der Waals surface area contributed by atoms with Gasteiger partial charge < -0.3 is 15.8 Å². The maximum atomic E-state index is 11.5. The van der Waals surface area contributed by atoms with Crippen LogP contribution in [0.1, 0.15) is 54.9 Å². The molecule has 0 bridgehead atoms. The van der Waals surface area contributed by atoms with Crippen molar-refractivity contribution in [3.05, 3.63) is 0 Å². The predicted octanol–water partition coefficient (Wildman–Crippen LogP) is 2.91. The molecule has 0 aromatic carbocycles. The van der Waals surface area contributed by atoms with Crippen LogP contribution in [0.15, 0.2) is 0 Å². The zero-order valence-corrected chi connectivity index (χ0v) is 13.5. The van der Waals surface area contributed by atoms with Gasteiger partial charge in [-0.05, 0) is 43.9 Å². The van der Waals surface area contributed by atoms with Crippen molar-refractivity contribution in [3.8, 4) is 0 Å². The average Bonchev–Trinajstić information content (AvgIpc) is 2.55. The summed E-state index contributed by atoms with van der Waals surface area (Å²) in [4.78, 5) is 11.5. The lowest BCUT2D eigenvalue weighted by atomic mass is 10.0. The van der Waals surface area contributed by atoms with E-state index in [1.807, 2.05) is 20.8 Å². The SMILES string of the molecule is CC(C)(C)OC(=O)NCC(N)CC1C(C)(C)C1(C)C. The first-order valence-corrected chi connectivity index (χ1v) is 7.10. The third-order valence-corrected chi connectivity index (χ3v) is 4.77. The van der Waals surface area contributed by atoms with E-state index in [-0.39, 0.29) is 6.04 Å². The number of alkyl carbamates (subject to hydrolysis) is 1. The minimum absolute atomic E-state index is 0.0152. The minimum Gasteiger partial charge on any atom is -0.444 e. The molecule has 1 aliphatic rings. The second-order valence-corrected chi connectivity index (χ2v) is 7.87. The van der Waals surface area contributed by atoms with E-state index >= 15 is 0 Å². The Bertz CT molecular complexity index is 329. The van der Waals surface area contributed by atoms with E-state index in [1.54, 1.807) is 0 Å². The number of rotatable bonds is 4. The Hall–Kier alpha value is -0.770. The van der Waals surface area contributed by atoms with Crippen molar-refractivity contribution in [1.82, 2.24) is 5.32 Å². The van der Waals surface area contributed by atoms with Crippen LogP contribution in [0.3, 0.4) is 0 Å². The van der Waals surface area contributed by atoms with Gasteiger partial charge >= 0.3 is 6.09 Å². The molecule has 0 aromatic rings. The first-order chi connectivity index (χ1) is 8.38. The van der Waals surface area contributed by atoms with Crippen LogP contribution in [0, 0.1) is 16.7 Å². The summed E-state index contributed by atoms with van der Waals surface area (Å²) >= 11 is 0. The van der Waals surface area contributed by atoms with Gasteiger partial charge in [0.2, 0.25) is 0 Å². The van der Waals surface area contributed by atoms with Crippen LogP contribution in [0.2, 0.25) is 0 Å². The third-order valence-electron chi connectivity index (χ3n) is 4.77. The predicted molar refractivity (Wildman–Crippen MR) is 77.9 cm³/mol. The van der Waals surface area contributed by atoms with Gasteiger partial charge in [0.15, 0.2) is 0 Å². The number of ether oxygens (including phenoxy) is 1. The fourth-order valence-corrected chi connectivity index (χ4v) is 2.84. The first-order valence-electron chi connectivity index (χ1n) is 7.10. The Morgan fingerprint density at radius 1 is 1.26 bits per heavy atom. The Balaban J connectivity index is 2.30. The van der Waals surface area contributed by atoms with Crippen LogP contribution in [-0.2, 0) is 4.74 Å². The molecule has 3 N–H and O–H groups in total. The fourth-order valence-electron chi connectivity index (χ4n) is 2.84. The molecule has 0 radical (unpaired) electrons. The van der Waals surface area contributed by atoms with E-state index in [1.165, 1.54) is 0 Å². The molecule has 19 heavy (non-hydrogen) atoms. The molecule has 1 amide bonds. The summed E-state index contributed by atoms with van der Waals surface area (Å²) in [6.07, 6.45) is 0.549. The van der Waals surface area contributed by atoms with Gasteiger partial charge in [0, 0.05) is 12.6 Å². The van der Waals surface area contributed by atoms with Gasteiger partial charge in [-0.3, -0.25) is 0 Å². The van der Waals surface area contributed by atoms with Crippen LogP contribution in [-0.4, -0.2) is 24.3 Å². The Morgan fingerprint density at radius 2 is 1.74 bits per heavy atom. The third kappa shape index (κ3) is 3.85. The molecular weight excluding hydrogens is 240 g/mol. The Kier molecular flexibility index (Phi) is 4.26. The van der Waals surface area contributed by atoms with Crippen LogP contribution < -0.4 is 11.1 Å². The Morgan fingerprint density at radius 3 is 2.11 bits per heavy atom. The molecule has 0 saturated heterocycles. The number of hydrogen-bond donors (Lipinski definition) is 2. The van der Waals surface area contributed by atoms with Crippen molar-refractivity contribution in [1.29, 1.82) is 0 Å². The van der Waals surface area contributed by atoms with Crippen molar-refractivity contribution in [2.24, 2.45) is 22.5 Å². The smallest absolute Gasteiger partial charge is 0.407 e. The van der Waals surface area contributed by atoms with E-state index < -0.39 is 11.7 Å². The molecular formula is C15H30N2O2. The monoisotopic (exact) mass is 270 g/mol. The highest BCUT2D eigenvalue weighted by molar-refractivity contribution is 5.67. The summed E-state index contributed by atoms with van der Waals surface area (Å²) < 4.78 is 5.18. The van der Waals surface area contributed by atoms with Crippen molar-refractivity contribution in [3.63, 3.8) is 0 Å². The second-order valence-electron chi connectivity index (χ2n) is 7.87. The van der Waals surface area contributed by atoms with Gasteiger partial charge in [0.05, 0.1) is 0 Å². The number of hydrogen-bond acceptors (Lipinski definition) is 3. The highest BCUT2D eigenvalue weighted by Crippen LogP contribution is 2.69. The summed E-state index contributed by atoms with van der Waals surface area (Å²) in [5.41, 5.74) is 6.32. The van der Waals surface area contributed by atoms with E-state index in [2.05, 4.69) is 33.0 Å². The quantitative estimate of drug-likeness (QED) is 0.825. The molecule has 4 heteroatoms. The zero-order valence-electron chi connectivity index (χ0n) is 13.5. The molecule has 0 aliphatic heterocycles.